The second-order valence-electron chi connectivity index (χ2n) is 8.93. The number of carbonyl (C=O) groups is 1. The van der Waals surface area contributed by atoms with Crippen molar-refractivity contribution in [3.8, 4) is 11.5 Å². The fourth-order valence-electron chi connectivity index (χ4n) is 3.89. The lowest BCUT2D eigenvalue weighted by molar-refractivity contribution is -0.115. The van der Waals surface area contributed by atoms with E-state index in [1.165, 1.54) is 11.8 Å². The van der Waals surface area contributed by atoms with Crippen LogP contribution in [-0.4, -0.2) is 24.7 Å². The summed E-state index contributed by atoms with van der Waals surface area (Å²) in [5.41, 5.74) is 3.21. The number of anilines is 3. The quantitative estimate of drug-likeness (QED) is 0.0900. The zero-order valence-corrected chi connectivity index (χ0v) is 24.2. The number of hydrogen-bond donors (Lipinski definition) is 3. The van der Waals surface area contributed by atoms with Crippen LogP contribution in [0.5, 0.6) is 11.5 Å². The zero-order chi connectivity index (χ0) is 28.2. The van der Waals surface area contributed by atoms with Gasteiger partial charge in [0.05, 0.1) is 19.4 Å². The molecule has 0 bridgehead atoms. The largest absolute Gasteiger partial charge is 0.495 e. The van der Waals surface area contributed by atoms with Crippen LogP contribution in [0.2, 0.25) is 0 Å². The molecular weight excluding hydrogens is 539 g/mol. The average Bonchev–Trinajstić information content (AvgIpc) is 2.98. The zero-order valence-electron chi connectivity index (χ0n) is 22.6. The summed E-state index contributed by atoms with van der Waals surface area (Å²) in [6.45, 7) is 2.82. The maximum absolute atomic E-state index is 13.5. The Hall–Kier alpha value is -4.01. The molecule has 1 amide bonds. The highest BCUT2D eigenvalue weighted by atomic mass is 32.2. The van der Waals surface area contributed by atoms with Crippen LogP contribution in [0.15, 0.2) is 108 Å². The molecule has 0 aliphatic rings. The Morgan fingerprint density at radius 1 is 0.850 bits per heavy atom. The Labute approximate surface area is 245 Å². The molecule has 0 saturated heterocycles. The van der Waals surface area contributed by atoms with Crippen LogP contribution < -0.4 is 25.4 Å². The van der Waals surface area contributed by atoms with Crippen molar-refractivity contribution in [2.75, 3.05) is 29.7 Å². The van der Waals surface area contributed by atoms with Crippen molar-refractivity contribution in [2.45, 2.75) is 29.9 Å². The normalized spacial score (nSPS) is 11.2. The summed E-state index contributed by atoms with van der Waals surface area (Å²) >= 11 is 7.01. The van der Waals surface area contributed by atoms with Gasteiger partial charge in [0, 0.05) is 16.3 Å². The molecule has 206 valence electrons. The molecule has 8 heteroatoms. The number of thiocarbonyl (C=S) groups is 1. The van der Waals surface area contributed by atoms with E-state index in [0.29, 0.717) is 17.5 Å². The number of carbonyl (C=O) groups excluding carboxylic acids is 1. The molecule has 0 spiro atoms. The van der Waals surface area contributed by atoms with E-state index >= 15 is 0 Å². The number of thioether (sulfide) groups is 1. The number of para-hydroxylation sites is 2. The molecule has 1 atom stereocenters. The van der Waals surface area contributed by atoms with Crippen LogP contribution >= 0.6 is 24.0 Å². The number of unbranched alkanes of at least 4 members (excludes halogenated alkanes) is 1. The maximum Gasteiger partial charge on any atom is 0.242 e. The average molecular weight is 572 g/mol. The van der Waals surface area contributed by atoms with Crippen molar-refractivity contribution < 1.29 is 14.3 Å². The summed E-state index contributed by atoms with van der Waals surface area (Å²) in [5.74, 6) is 1.39. The number of benzene rings is 4. The van der Waals surface area contributed by atoms with Gasteiger partial charge in [-0.3, -0.25) is 4.79 Å². The van der Waals surface area contributed by atoms with E-state index < -0.39 is 5.25 Å². The fraction of sp³-hybridized carbons (Fsp3) is 0.188. The summed E-state index contributed by atoms with van der Waals surface area (Å²) in [6.07, 6.45) is 2.09. The Morgan fingerprint density at radius 3 is 2.35 bits per heavy atom. The number of methoxy groups -OCH3 is 1. The van der Waals surface area contributed by atoms with Gasteiger partial charge in [-0.1, -0.05) is 61.9 Å². The van der Waals surface area contributed by atoms with Crippen molar-refractivity contribution in [3.63, 3.8) is 0 Å². The van der Waals surface area contributed by atoms with Crippen LogP contribution in [0.3, 0.4) is 0 Å². The minimum absolute atomic E-state index is 0.109. The smallest absolute Gasteiger partial charge is 0.242 e. The highest BCUT2D eigenvalue weighted by Crippen LogP contribution is 2.37. The highest BCUT2D eigenvalue weighted by Gasteiger charge is 2.22. The van der Waals surface area contributed by atoms with Gasteiger partial charge in [-0.15, -0.1) is 11.8 Å². The minimum atomic E-state index is -0.462. The highest BCUT2D eigenvalue weighted by molar-refractivity contribution is 8.00. The maximum atomic E-state index is 13.5. The van der Waals surface area contributed by atoms with Crippen molar-refractivity contribution in [1.82, 2.24) is 0 Å². The Kier molecular flexibility index (Phi) is 10.8. The van der Waals surface area contributed by atoms with E-state index in [0.717, 1.165) is 46.1 Å². The topological polar surface area (TPSA) is 71.6 Å². The van der Waals surface area contributed by atoms with Crippen LogP contribution in [-0.2, 0) is 4.79 Å². The van der Waals surface area contributed by atoms with Gasteiger partial charge in [-0.2, -0.15) is 0 Å². The van der Waals surface area contributed by atoms with Crippen molar-refractivity contribution in [1.29, 1.82) is 0 Å². The standard InChI is InChI=1S/C32H33N3O3S2/c1-3-4-21-38-26-19-17-24(18-20-26)33-31(36)30(23-11-6-5-7-12-23)40-27-14-10-13-25(22-27)34-32(39)35-28-15-8-9-16-29(28)37-2/h5-20,22,30H,3-4,21H2,1-2H3,(H,33,36)(H2,34,35,39). The van der Waals surface area contributed by atoms with E-state index in [1.54, 1.807) is 7.11 Å². The molecule has 40 heavy (non-hydrogen) atoms. The molecule has 3 N–H and O–H groups in total. The van der Waals surface area contributed by atoms with Crippen LogP contribution in [0.4, 0.5) is 17.1 Å². The van der Waals surface area contributed by atoms with Gasteiger partial charge in [-0.25, -0.2) is 0 Å². The van der Waals surface area contributed by atoms with Crippen LogP contribution in [0.1, 0.15) is 30.6 Å². The van der Waals surface area contributed by atoms with E-state index in [2.05, 4.69) is 22.9 Å². The first-order chi connectivity index (χ1) is 19.6. The van der Waals surface area contributed by atoms with Gasteiger partial charge < -0.3 is 25.4 Å². The second kappa shape index (κ2) is 15.0. The summed E-state index contributed by atoms with van der Waals surface area (Å²) in [7, 11) is 1.62. The summed E-state index contributed by atoms with van der Waals surface area (Å²) < 4.78 is 11.1. The van der Waals surface area contributed by atoms with E-state index in [9.17, 15) is 4.79 Å². The van der Waals surface area contributed by atoms with E-state index in [-0.39, 0.29) is 5.91 Å². The van der Waals surface area contributed by atoms with Gasteiger partial charge >= 0.3 is 0 Å². The molecular formula is C32H33N3O3S2. The number of nitrogens with one attached hydrogen (secondary N) is 3. The molecule has 0 radical (unpaired) electrons. The lowest BCUT2D eigenvalue weighted by Crippen LogP contribution is -2.20. The van der Waals surface area contributed by atoms with Gasteiger partial charge in [0.15, 0.2) is 5.11 Å². The molecule has 0 saturated carbocycles. The van der Waals surface area contributed by atoms with Gasteiger partial charge in [0.1, 0.15) is 16.7 Å². The predicted octanol–water partition coefficient (Wildman–Crippen LogP) is 8.16. The molecule has 1 unspecified atom stereocenters. The summed E-state index contributed by atoms with van der Waals surface area (Å²) in [5, 5.41) is 9.44. The first kappa shape index (κ1) is 29.0. The first-order valence-electron chi connectivity index (χ1n) is 13.1. The first-order valence-corrected chi connectivity index (χ1v) is 14.4. The lowest BCUT2D eigenvalue weighted by Gasteiger charge is -2.18. The van der Waals surface area contributed by atoms with Crippen molar-refractivity contribution in [2.24, 2.45) is 0 Å². The molecule has 0 aliphatic carbocycles. The molecule has 4 rings (SSSR count). The Balaban J connectivity index is 1.45. The predicted molar refractivity (Wildman–Crippen MR) is 170 cm³/mol. The molecule has 0 aliphatic heterocycles. The molecule has 4 aromatic carbocycles. The third kappa shape index (κ3) is 8.49. The third-order valence-electron chi connectivity index (χ3n) is 5.93. The molecule has 0 heterocycles. The van der Waals surface area contributed by atoms with Crippen molar-refractivity contribution >= 4 is 52.1 Å². The van der Waals surface area contributed by atoms with Gasteiger partial charge in [-0.05, 0) is 78.8 Å². The van der Waals surface area contributed by atoms with Crippen molar-refractivity contribution in [3.05, 3.63) is 109 Å². The van der Waals surface area contributed by atoms with Crippen LogP contribution in [0, 0.1) is 0 Å². The van der Waals surface area contributed by atoms with E-state index in [1.807, 2.05) is 103 Å². The fourth-order valence-corrected chi connectivity index (χ4v) is 5.20. The Bertz CT molecular complexity index is 1400. The van der Waals surface area contributed by atoms with Gasteiger partial charge in [0.2, 0.25) is 5.91 Å². The third-order valence-corrected chi connectivity index (χ3v) is 7.38. The number of amides is 1. The molecule has 0 aromatic heterocycles. The number of hydrogen-bond acceptors (Lipinski definition) is 5. The number of ether oxygens (including phenoxy) is 2. The lowest BCUT2D eigenvalue weighted by atomic mass is 10.1. The molecule has 6 nitrogen and oxygen atoms in total. The van der Waals surface area contributed by atoms with E-state index in [4.69, 9.17) is 21.7 Å². The molecule has 4 aromatic rings. The number of rotatable bonds is 12. The van der Waals surface area contributed by atoms with Crippen LogP contribution in [0.25, 0.3) is 0 Å². The summed E-state index contributed by atoms with van der Waals surface area (Å²) in [6, 6.07) is 32.7. The monoisotopic (exact) mass is 571 g/mol. The molecule has 0 fully saturated rings. The summed E-state index contributed by atoms with van der Waals surface area (Å²) in [4.78, 5) is 14.4. The minimum Gasteiger partial charge on any atom is -0.495 e. The second-order valence-corrected chi connectivity index (χ2v) is 10.5. The van der Waals surface area contributed by atoms with Gasteiger partial charge in [0.25, 0.3) is 0 Å². The SMILES string of the molecule is CCCCOc1ccc(NC(=O)C(Sc2cccc(NC(=S)Nc3ccccc3OC)c2)c2ccccc2)cc1. The Morgan fingerprint density at radius 2 is 1.60 bits per heavy atom.